The molecule has 0 aromatic heterocycles. The molecule has 1 aliphatic rings. The zero-order valence-corrected chi connectivity index (χ0v) is 11.7. The Kier molecular flexibility index (Phi) is 3.34. The molecule has 0 fully saturated rings. The van der Waals surface area contributed by atoms with E-state index in [-0.39, 0.29) is 11.7 Å². The predicted octanol–water partition coefficient (Wildman–Crippen LogP) is 4.91. The molecule has 0 amide bonds. The highest BCUT2D eigenvalue weighted by Gasteiger charge is 2.29. The minimum atomic E-state index is -0.180. The third kappa shape index (κ3) is 2.18. The molecule has 0 spiro atoms. The van der Waals surface area contributed by atoms with Crippen molar-refractivity contribution in [3.05, 3.63) is 69.2 Å². The summed E-state index contributed by atoms with van der Waals surface area (Å²) >= 11 is 12.3. The Morgan fingerprint density at radius 1 is 1.00 bits per heavy atom. The summed E-state index contributed by atoms with van der Waals surface area (Å²) in [5.41, 5.74) is 2.78. The number of carbonyl (C=O) groups is 1. The summed E-state index contributed by atoms with van der Waals surface area (Å²) < 4.78 is 0. The summed E-state index contributed by atoms with van der Waals surface area (Å²) in [6.07, 6.45) is 1.69. The Balaban J connectivity index is 2.05. The summed E-state index contributed by atoms with van der Waals surface area (Å²) in [6.45, 7) is 0. The molecule has 1 nitrogen and oxygen atoms in total. The Hall–Kier alpha value is -1.31. The number of aryl methyl sites for hydroxylation is 1. The fourth-order valence-corrected chi connectivity index (χ4v) is 3.12. The van der Waals surface area contributed by atoms with Crippen LogP contribution in [-0.2, 0) is 6.42 Å². The maximum absolute atomic E-state index is 12.6. The van der Waals surface area contributed by atoms with Crippen molar-refractivity contribution in [2.75, 3.05) is 0 Å². The second-order valence-corrected chi connectivity index (χ2v) is 5.54. The first-order chi connectivity index (χ1) is 9.18. The van der Waals surface area contributed by atoms with E-state index in [9.17, 15) is 4.79 Å². The summed E-state index contributed by atoms with van der Waals surface area (Å²) in [6, 6.07) is 13.3. The number of benzene rings is 2. The van der Waals surface area contributed by atoms with Crippen molar-refractivity contribution in [3.63, 3.8) is 0 Å². The Morgan fingerprint density at radius 2 is 1.79 bits per heavy atom. The predicted molar refractivity (Wildman–Crippen MR) is 78.3 cm³/mol. The highest BCUT2D eigenvalue weighted by atomic mass is 35.5. The number of rotatable bonds is 1. The van der Waals surface area contributed by atoms with Crippen molar-refractivity contribution >= 4 is 29.0 Å². The summed E-state index contributed by atoms with van der Waals surface area (Å²) in [4.78, 5) is 12.6. The molecule has 0 heterocycles. The lowest BCUT2D eigenvalue weighted by Crippen LogP contribution is -2.21. The van der Waals surface area contributed by atoms with E-state index in [1.807, 2.05) is 36.4 Å². The van der Waals surface area contributed by atoms with E-state index in [1.54, 1.807) is 6.07 Å². The lowest BCUT2D eigenvalue weighted by atomic mass is 9.79. The maximum atomic E-state index is 12.6. The molecule has 2 aromatic carbocycles. The molecule has 0 saturated heterocycles. The van der Waals surface area contributed by atoms with Gasteiger partial charge in [-0.3, -0.25) is 4.79 Å². The van der Waals surface area contributed by atoms with Crippen molar-refractivity contribution in [3.8, 4) is 0 Å². The van der Waals surface area contributed by atoms with Gasteiger partial charge in [-0.15, -0.1) is 0 Å². The van der Waals surface area contributed by atoms with E-state index in [4.69, 9.17) is 23.2 Å². The first-order valence-corrected chi connectivity index (χ1v) is 7.00. The van der Waals surface area contributed by atoms with Crippen molar-refractivity contribution in [1.82, 2.24) is 0 Å². The quantitative estimate of drug-likeness (QED) is 0.730. The molecule has 3 rings (SSSR count). The molecule has 0 bridgehead atoms. The zero-order chi connectivity index (χ0) is 13.4. The monoisotopic (exact) mass is 290 g/mol. The average molecular weight is 291 g/mol. The Morgan fingerprint density at radius 3 is 2.63 bits per heavy atom. The number of fused-ring (bicyclic) bond motifs is 1. The van der Waals surface area contributed by atoms with Gasteiger partial charge in [0.25, 0.3) is 0 Å². The molecule has 2 aromatic rings. The second kappa shape index (κ2) is 4.99. The van der Waals surface area contributed by atoms with Crippen LogP contribution in [0.25, 0.3) is 0 Å². The fraction of sp³-hybridized carbons (Fsp3) is 0.188. The first-order valence-electron chi connectivity index (χ1n) is 6.24. The number of hydrogen-bond acceptors (Lipinski definition) is 1. The van der Waals surface area contributed by atoms with Crippen molar-refractivity contribution in [1.29, 1.82) is 0 Å². The van der Waals surface area contributed by atoms with E-state index in [0.717, 1.165) is 29.5 Å². The summed E-state index contributed by atoms with van der Waals surface area (Å²) in [5, 5.41) is 1.01. The molecule has 1 unspecified atom stereocenters. The minimum absolute atomic E-state index is 0.144. The molecule has 1 atom stereocenters. The van der Waals surface area contributed by atoms with Crippen molar-refractivity contribution in [2.45, 2.75) is 18.8 Å². The first kappa shape index (κ1) is 12.7. The molecule has 0 radical (unpaired) electrons. The topological polar surface area (TPSA) is 17.1 Å². The average Bonchev–Trinajstić information content (AvgIpc) is 2.43. The molecule has 0 aliphatic heterocycles. The molecule has 96 valence electrons. The van der Waals surface area contributed by atoms with Crippen molar-refractivity contribution in [2.24, 2.45) is 0 Å². The lowest BCUT2D eigenvalue weighted by molar-refractivity contribution is 0.0946. The summed E-state index contributed by atoms with van der Waals surface area (Å²) in [5.74, 6) is -0.0351. The standard InChI is InChI=1S/C16H12Cl2O/c17-14-7-3-6-12(15(14)18)13-9-8-10-4-1-2-5-11(10)16(13)19/h1-7,13H,8-9H2. The molecule has 1 aliphatic carbocycles. The Labute approximate surface area is 122 Å². The largest absolute Gasteiger partial charge is 0.293 e. The SMILES string of the molecule is O=C1c2ccccc2CCC1c1cccc(Cl)c1Cl. The van der Waals surface area contributed by atoms with E-state index in [2.05, 4.69) is 0 Å². The van der Waals surface area contributed by atoms with Crippen molar-refractivity contribution < 1.29 is 4.79 Å². The smallest absolute Gasteiger partial charge is 0.170 e. The molecule has 19 heavy (non-hydrogen) atoms. The van der Waals surface area contributed by atoms with Crippen LogP contribution in [0.3, 0.4) is 0 Å². The number of carbonyl (C=O) groups excluding carboxylic acids is 1. The zero-order valence-electron chi connectivity index (χ0n) is 10.2. The van der Waals surface area contributed by atoms with Gasteiger partial charge in [-0.2, -0.15) is 0 Å². The van der Waals surface area contributed by atoms with Gasteiger partial charge in [0.05, 0.1) is 10.0 Å². The van der Waals surface area contributed by atoms with Gasteiger partial charge >= 0.3 is 0 Å². The van der Waals surface area contributed by atoms with Gasteiger partial charge in [0.2, 0.25) is 0 Å². The van der Waals surface area contributed by atoms with Gasteiger partial charge in [-0.05, 0) is 30.0 Å². The van der Waals surface area contributed by atoms with Gasteiger partial charge in [-0.1, -0.05) is 59.6 Å². The number of Topliss-reactive ketones (excluding diaryl/α,β-unsaturated/α-hetero) is 1. The van der Waals surface area contributed by atoms with Crippen LogP contribution in [0, 0.1) is 0 Å². The molecular weight excluding hydrogens is 279 g/mol. The van der Waals surface area contributed by atoms with Crippen LogP contribution in [0.5, 0.6) is 0 Å². The van der Waals surface area contributed by atoms with E-state index in [0.29, 0.717) is 10.0 Å². The van der Waals surface area contributed by atoms with Crippen LogP contribution in [0.15, 0.2) is 42.5 Å². The maximum Gasteiger partial charge on any atom is 0.170 e. The normalized spacial score (nSPS) is 18.2. The van der Waals surface area contributed by atoms with E-state index >= 15 is 0 Å². The second-order valence-electron chi connectivity index (χ2n) is 4.76. The molecular formula is C16H12Cl2O. The molecule has 3 heteroatoms. The number of halogens is 2. The minimum Gasteiger partial charge on any atom is -0.293 e. The van der Waals surface area contributed by atoms with Crippen LogP contribution < -0.4 is 0 Å². The van der Waals surface area contributed by atoms with Gasteiger partial charge in [0, 0.05) is 11.5 Å². The van der Waals surface area contributed by atoms with Gasteiger partial charge in [0.15, 0.2) is 5.78 Å². The van der Waals surface area contributed by atoms with Crippen LogP contribution in [-0.4, -0.2) is 5.78 Å². The molecule has 0 saturated carbocycles. The van der Waals surface area contributed by atoms with Crippen LogP contribution in [0.2, 0.25) is 10.0 Å². The highest BCUT2D eigenvalue weighted by Crippen LogP contribution is 2.38. The van der Waals surface area contributed by atoms with Gasteiger partial charge in [-0.25, -0.2) is 0 Å². The van der Waals surface area contributed by atoms with Crippen LogP contribution in [0.4, 0.5) is 0 Å². The third-order valence-electron chi connectivity index (χ3n) is 3.66. The lowest BCUT2D eigenvalue weighted by Gasteiger charge is -2.24. The van der Waals surface area contributed by atoms with E-state index in [1.165, 1.54) is 0 Å². The fourth-order valence-electron chi connectivity index (χ4n) is 2.68. The van der Waals surface area contributed by atoms with Crippen LogP contribution >= 0.6 is 23.2 Å². The van der Waals surface area contributed by atoms with E-state index < -0.39 is 0 Å². The molecule has 0 N–H and O–H groups in total. The number of hydrogen-bond donors (Lipinski definition) is 0. The van der Waals surface area contributed by atoms with Gasteiger partial charge < -0.3 is 0 Å². The van der Waals surface area contributed by atoms with Gasteiger partial charge in [0.1, 0.15) is 0 Å². The highest BCUT2D eigenvalue weighted by molar-refractivity contribution is 6.42. The summed E-state index contributed by atoms with van der Waals surface area (Å²) in [7, 11) is 0. The number of ketones is 1. The Bertz CT molecular complexity index is 649. The third-order valence-corrected chi connectivity index (χ3v) is 4.49. The van der Waals surface area contributed by atoms with Crippen LogP contribution in [0.1, 0.15) is 33.8 Å².